The zero-order chi connectivity index (χ0) is 10.7. The molecular weight excluding hydrogens is 190 g/mol. The van der Waals surface area contributed by atoms with Gasteiger partial charge in [0, 0.05) is 0 Å². The number of rotatable bonds is 4. The number of hydrogen-bond donors (Lipinski definition) is 3. The number of carboxylic acid groups (broad SMARTS) is 1. The predicted octanol–water partition coefficient (Wildman–Crippen LogP) is -2.64. The zero-order valence-electron chi connectivity index (χ0n) is 7.40. The number of nitrogens with zero attached hydrogens (tertiary/aromatic N) is 1. The van der Waals surface area contributed by atoms with Crippen LogP contribution in [0.2, 0.25) is 0 Å². The minimum Gasteiger partial charge on any atom is -0.480 e. The van der Waals surface area contributed by atoms with Crippen LogP contribution in [0.1, 0.15) is 0 Å². The summed E-state index contributed by atoms with van der Waals surface area (Å²) in [7, 11) is 0. The van der Waals surface area contributed by atoms with Crippen LogP contribution < -0.4 is 11.1 Å². The fourth-order valence-electron chi connectivity index (χ4n) is 1.05. The van der Waals surface area contributed by atoms with Crippen molar-refractivity contribution in [3.8, 4) is 0 Å². The van der Waals surface area contributed by atoms with Crippen LogP contribution in [0.15, 0.2) is 0 Å². The van der Waals surface area contributed by atoms with Gasteiger partial charge in [0.1, 0.15) is 6.04 Å². The zero-order valence-corrected chi connectivity index (χ0v) is 7.40. The molecule has 2 amide bonds. The van der Waals surface area contributed by atoms with E-state index in [1.807, 2.05) is 0 Å². The Morgan fingerprint density at radius 3 is 2.64 bits per heavy atom. The molecule has 0 saturated carbocycles. The quantitative estimate of drug-likeness (QED) is 0.428. The first-order chi connectivity index (χ1) is 6.52. The highest BCUT2D eigenvalue weighted by molar-refractivity contribution is 6.03. The van der Waals surface area contributed by atoms with Crippen molar-refractivity contribution in [1.82, 2.24) is 10.2 Å². The summed E-state index contributed by atoms with van der Waals surface area (Å²) in [6.07, 6.45) is 0. The third-order valence-corrected chi connectivity index (χ3v) is 1.82. The molecular formula is C7H11N3O4. The molecule has 1 aliphatic rings. The molecule has 1 atom stereocenters. The highest BCUT2D eigenvalue weighted by Gasteiger charge is 2.37. The van der Waals surface area contributed by atoms with Crippen LogP contribution in [-0.2, 0) is 14.4 Å². The number of carbonyl (C=O) groups is 3. The van der Waals surface area contributed by atoms with Crippen molar-refractivity contribution in [2.75, 3.05) is 19.6 Å². The standard InChI is InChI=1S/C7H11N3O4/c8-4-3-10(7(4)14)5(11)1-9-2-6(12)13/h4,9H,1-3,8H2,(H,12,13). The Bertz CT molecular complexity index is 278. The Labute approximate surface area is 79.9 Å². The van der Waals surface area contributed by atoms with Gasteiger partial charge in [0.05, 0.1) is 19.6 Å². The van der Waals surface area contributed by atoms with Crippen molar-refractivity contribution in [3.05, 3.63) is 0 Å². The second-order valence-corrected chi connectivity index (χ2v) is 2.95. The minimum atomic E-state index is -1.05. The lowest BCUT2D eigenvalue weighted by Crippen LogP contribution is -2.64. The van der Waals surface area contributed by atoms with Gasteiger partial charge in [0.2, 0.25) is 11.8 Å². The first kappa shape index (κ1) is 10.6. The van der Waals surface area contributed by atoms with E-state index in [2.05, 4.69) is 5.32 Å². The van der Waals surface area contributed by atoms with E-state index >= 15 is 0 Å². The Morgan fingerprint density at radius 1 is 1.57 bits per heavy atom. The van der Waals surface area contributed by atoms with Gasteiger partial charge >= 0.3 is 5.97 Å². The topological polar surface area (TPSA) is 113 Å². The summed E-state index contributed by atoms with van der Waals surface area (Å²) < 4.78 is 0. The molecule has 1 fully saturated rings. The lowest BCUT2D eigenvalue weighted by Gasteiger charge is -2.34. The molecule has 78 valence electrons. The van der Waals surface area contributed by atoms with Crippen LogP contribution in [-0.4, -0.2) is 53.5 Å². The van der Waals surface area contributed by atoms with E-state index in [4.69, 9.17) is 10.8 Å². The summed E-state index contributed by atoms with van der Waals surface area (Å²) in [5, 5.41) is 10.6. The van der Waals surface area contributed by atoms with E-state index in [1.54, 1.807) is 0 Å². The Morgan fingerprint density at radius 2 is 2.21 bits per heavy atom. The molecule has 1 saturated heterocycles. The summed E-state index contributed by atoms with van der Waals surface area (Å²) in [4.78, 5) is 33.2. The Balaban J connectivity index is 2.23. The number of nitrogens with two attached hydrogens (primary N) is 1. The molecule has 1 unspecified atom stereocenters. The van der Waals surface area contributed by atoms with Crippen molar-refractivity contribution in [1.29, 1.82) is 0 Å². The third-order valence-electron chi connectivity index (χ3n) is 1.82. The Hall–Kier alpha value is -1.47. The number of aliphatic carboxylic acids is 1. The van der Waals surface area contributed by atoms with Gasteiger partial charge < -0.3 is 10.8 Å². The van der Waals surface area contributed by atoms with Crippen molar-refractivity contribution < 1.29 is 19.5 Å². The second kappa shape index (κ2) is 4.16. The van der Waals surface area contributed by atoms with Crippen molar-refractivity contribution in [2.24, 2.45) is 5.73 Å². The maximum atomic E-state index is 11.2. The van der Waals surface area contributed by atoms with Crippen molar-refractivity contribution >= 4 is 17.8 Å². The van der Waals surface area contributed by atoms with Crippen LogP contribution in [0.4, 0.5) is 0 Å². The largest absolute Gasteiger partial charge is 0.480 e. The molecule has 4 N–H and O–H groups in total. The maximum absolute atomic E-state index is 11.2. The molecule has 0 aromatic heterocycles. The number of hydrogen-bond acceptors (Lipinski definition) is 5. The van der Waals surface area contributed by atoms with Crippen molar-refractivity contribution in [3.63, 3.8) is 0 Å². The molecule has 0 spiro atoms. The highest BCUT2D eigenvalue weighted by atomic mass is 16.4. The monoisotopic (exact) mass is 201 g/mol. The van der Waals surface area contributed by atoms with Crippen LogP contribution in [0.5, 0.6) is 0 Å². The summed E-state index contributed by atoms with van der Waals surface area (Å²) in [5.74, 6) is -1.91. The molecule has 7 nitrogen and oxygen atoms in total. The first-order valence-corrected chi connectivity index (χ1v) is 4.04. The van der Waals surface area contributed by atoms with E-state index in [9.17, 15) is 14.4 Å². The molecule has 14 heavy (non-hydrogen) atoms. The highest BCUT2D eigenvalue weighted by Crippen LogP contribution is 2.06. The van der Waals surface area contributed by atoms with Gasteiger partial charge in [-0.15, -0.1) is 0 Å². The number of likely N-dealkylation sites (tertiary alicyclic amines) is 1. The van der Waals surface area contributed by atoms with Crippen molar-refractivity contribution in [2.45, 2.75) is 6.04 Å². The number of imide groups is 1. The summed E-state index contributed by atoms with van der Waals surface area (Å²) >= 11 is 0. The van der Waals surface area contributed by atoms with E-state index in [0.29, 0.717) is 0 Å². The smallest absolute Gasteiger partial charge is 0.317 e. The third kappa shape index (κ3) is 2.27. The second-order valence-electron chi connectivity index (χ2n) is 2.95. The van der Waals surface area contributed by atoms with Crippen LogP contribution in [0.3, 0.4) is 0 Å². The number of carbonyl (C=O) groups excluding carboxylic acids is 2. The van der Waals surface area contributed by atoms with Gasteiger partial charge in [-0.1, -0.05) is 0 Å². The van der Waals surface area contributed by atoms with Gasteiger partial charge in [0.25, 0.3) is 0 Å². The van der Waals surface area contributed by atoms with Gasteiger partial charge in [-0.3, -0.25) is 24.6 Å². The average Bonchev–Trinajstić information content (AvgIpc) is 2.12. The van der Waals surface area contributed by atoms with Gasteiger partial charge in [0.15, 0.2) is 0 Å². The number of amides is 2. The average molecular weight is 201 g/mol. The van der Waals surface area contributed by atoms with Crippen LogP contribution in [0, 0.1) is 0 Å². The summed E-state index contributed by atoms with van der Waals surface area (Å²) in [5.41, 5.74) is 5.27. The molecule has 7 heteroatoms. The van der Waals surface area contributed by atoms with Gasteiger partial charge in [-0.05, 0) is 0 Å². The van der Waals surface area contributed by atoms with E-state index in [-0.39, 0.29) is 19.6 Å². The SMILES string of the molecule is NC1CN(C(=O)CNCC(=O)O)C1=O. The molecule has 0 aromatic rings. The van der Waals surface area contributed by atoms with E-state index in [0.717, 1.165) is 4.90 Å². The molecule has 0 aromatic carbocycles. The minimum absolute atomic E-state index is 0.162. The number of nitrogens with one attached hydrogen (secondary N) is 1. The number of β-lactam (4-membered cyclic amide) rings is 1. The molecule has 1 rings (SSSR count). The lowest BCUT2D eigenvalue weighted by molar-refractivity contribution is -0.153. The van der Waals surface area contributed by atoms with Gasteiger partial charge in [-0.2, -0.15) is 0 Å². The maximum Gasteiger partial charge on any atom is 0.317 e. The molecule has 1 heterocycles. The molecule has 0 radical (unpaired) electrons. The molecule has 1 aliphatic heterocycles. The van der Waals surface area contributed by atoms with Crippen LogP contribution in [0.25, 0.3) is 0 Å². The van der Waals surface area contributed by atoms with Gasteiger partial charge in [-0.25, -0.2) is 0 Å². The van der Waals surface area contributed by atoms with E-state index < -0.39 is 23.8 Å². The summed E-state index contributed by atoms with van der Waals surface area (Å²) in [6.45, 7) is -0.253. The van der Waals surface area contributed by atoms with E-state index in [1.165, 1.54) is 0 Å². The lowest BCUT2D eigenvalue weighted by atomic mass is 10.1. The molecule has 0 bridgehead atoms. The fraction of sp³-hybridized carbons (Fsp3) is 0.571. The summed E-state index contributed by atoms with van der Waals surface area (Å²) in [6, 6.07) is -0.585. The fourth-order valence-corrected chi connectivity index (χ4v) is 1.05. The first-order valence-electron chi connectivity index (χ1n) is 4.04. The normalized spacial score (nSPS) is 20.5. The van der Waals surface area contributed by atoms with Crippen LogP contribution >= 0.6 is 0 Å². The Kier molecular flexibility index (Phi) is 3.15. The molecule has 0 aliphatic carbocycles. The predicted molar refractivity (Wildman–Crippen MR) is 45.2 cm³/mol. The number of carboxylic acids is 1.